The van der Waals surface area contributed by atoms with Crippen molar-refractivity contribution in [1.82, 2.24) is 30.0 Å². The predicted octanol–water partition coefficient (Wildman–Crippen LogP) is 2.31. The number of halogens is 1. The number of hydrogen-bond donors (Lipinski definition) is 2. The van der Waals surface area contributed by atoms with Crippen LogP contribution in [0.15, 0.2) is 47.8 Å². The highest BCUT2D eigenvalue weighted by Gasteiger charge is 2.08. The van der Waals surface area contributed by atoms with E-state index in [1.54, 1.807) is 29.2 Å². The molecule has 0 fully saturated rings. The Bertz CT molecular complexity index is 926. The summed E-state index contributed by atoms with van der Waals surface area (Å²) in [6, 6.07) is 7.10. The summed E-state index contributed by atoms with van der Waals surface area (Å²) in [6.45, 7) is 5.57. The summed E-state index contributed by atoms with van der Waals surface area (Å²) in [6.07, 6.45) is 5.16. The Morgan fingerprint density at radius 3 is 2.70 bits per heavy atom. The van der Waals surface area contributed by atoms with Gasteiger partial charge in [0, 0.05) is 32.2 Å². The number of nitrogens with zero attached hydrogens (tertiary/aromatic N) is 5. The number of benzene rings is 1. The van der Waals surface area contributed by atoms with E-state index >= 15 is 0 Å². The van der Waals surface area contributed by atoms with Crippen LogP contribution < -0.4 is 10.6 Å². The molecule has 2 aromatic heterocycles. The minimum atomic E-state index is -0.295. The summed E-state index contributed by atoms with van der Waals surface area (Å²) >= 11 is 0. The second-order valence-corrected chi connectivity index (χ2v) is 6.13. The summed E-state index contributed by atoms with van der Waals surface area (Å²) < 4.78 is 18.0. The molecule has 0 spiro atoms. The van der Waals surface area contributed by atoms with Gasteiger partial charge in [0.25, 0.3) is 0 Å². The van der Waals surface area contributed by atoms with Crippen LogP contribution in [0, 0.1) is 12.7 Å². The Balaban J connectivity index is 1.69. The predicted molar refractivity (Wildman–Crippen MR) is 103 cm³/mol. The SMILES string of the molecule is CCNC(=NCc1ccc(-n2ccnc2C)c(F)c1)NCc1ccnn1C. The molecule has 0 aliphatic carbocycles. The maximum Gasteiger partial charge on any atom is 0.191 e. The van der Waals surface area contributed by atoms with Gasteiger partial charge in [0.05, 0.1) is 24.5 Å². The second-order valence-electron chi connectivity index (χ2n) is 6.13. The maximum absolute atomic E-state index is 14.5. The third-order valence-electron chi connectivity index (χ3n) is 4.22. The maximum atomic E-state index is 14.5. The van der Waals surface area contributed by atoms with Crippen LogP contribution in [-0.4, -0.2) is 31.8 Å². The number of aliphatic imine (C=N–C) groups is 1. The average molecular weight is 369 g/mol. The van der Waals surface area contributed by atoms with Crippen molar-refractivity contribution in [3.8, 4) is 5.69 Å². The highest BCUT2D eigenvalue weighted by molar-refractivity contribution is 5.79. The first-order chi connectivity index (χ1) is 13.1. The lowest BCUT2D eigenvalue weighted by Crippen LogP contribution is -2.37. The highest BCUT2D eigenvalue weighted by atomic mass is 19.1. The van der Waals surface area contributed by atoms with Gasteiger partial charge in [0.2, 0.25) is 0 Å². The second kappa shape index (κ2) is 8.48. The minimum absolute atomic E-state index is 0.295. The normalized spacial score (nSPS) is 11.6. The average Bonchev–Trinajstić information content (AvgIpc) is 3.26. The Morgan fingerprint density at radius 1 is 1.22 bits per heavy atom. The fraction of sp³-hybridized carbons (Fsp3) is 0.316. The van der Waals surface area contributed by atoms with Crippen LogP contribution in [0.3, 0.4) is 0 Å². The van der Waals surface area contributed by atoms with E-state index in [2.05, 4.69) is 25.7 Å². The van der Waals surface area contributed by atoms with Crippen molar-refractivity contribution >= 4 is 5.96 Å². The molecule has 0 saturated heterocycles. The van der Waals surface area contributed by atoms with Gasteiger partial charge in [-0.1, -0.05) is 6.07 Å². The standard InChI is InChI=1S/C19H24FN7/c1-4-21-19(24-13-16-7-8-25-26(16)3)23-12-15-5-6-18(17(20)11-15)27-10-9-22-14(27)2/h5-11H,4,12-13H2,1-3H3,(H2,21,23,24). The molecule has 3 rings (SSSR count). The van der Waals surface area contributed by atoms with Gasteiger partial charge in [-0.05, 0) is 37.6 Å². The quantitative estimate of drug-likeness (QED) is 0.517. The number of aryl methyl sites for hydroxylation is 2. The topological polar surface area (TPSA) is 72.1 Å². The molecule has 0 radical (unpaired) electrons. The molecule has 0 aliphatic rings. The van der Waals surface area contributed by atoms with Crippen molar-refractivity contribution in [3.05, 3.63) is 65.8 Å². The van der Waals surface area contributed by atoms with E-state index in [4.69, 9.17) is 0 Å². The van der Waals surface area contributed by atoms with Crippen LogP contribution in [0.2, 0.25) is 0 Å². The van der Waals surface area contributed by atoms with E-state index in [9.17, 15) is 4.39 Å². The van der Waals surface area contributed by atoms with E-state index in [1.165, 1.54) is 6.07 Å². The minimum Gasteiger partial charge on any atom is -0.357 e. The highest BCUT2D eigenvalue weighted by Crippen LogP contribution is 2.17. The smallest absolute Gasteiger partial charge is 0.191 e. The molecule has 0 unspecified atom stereocenters. The molecule has 0 bridgehead atoms. The lowest BCUT2D eigenvalue weighted by atomic mass is 10.2. The first-order valence-corrected chi connectivity index (χ1v) is 8.86. The van der Waals surface area contributed by atoms with Crippen molar-refractivity contribution in [1.29, 1.82) is 0 Å². The summed E-state index contributed by atoms with van der Waals surface area (Å²) in [5.74, 6) is 1.12. The summed E-state index contributed by atoms with van der Waals surface area (Å²) in [7, 11) is 1.90. The molecule has 0 amide bonds. The zero-order valence-electron chi connectivity index (χ0n) is 15.8. The third kappa shape index (κ3) is 4.52. The van der Waals surface area contributed by atoms with Crippen molar-refractivity contribution in [2.24, 2.45) is 12.0 Å². The molecular formula is C19H24FN7. The Morgan fingerprint density at radius 2 is 2.07 bits per heavy atom. The number of aromatic nitrogens is 4. The zero-order chi connectivity index (χ0) is 19.2. The van der Waals surface area contributed by atoms with Gasteiger partial charge >= 0.3 is 0 Å². The van der Waals surface area contributed by atoms with E-state index in [-0.39, 0.29) is 5.82 Å². The van der Waals surface area contributed by atoms with Crippen LogP contribution in [0.5, 0.6) is 0 Å². The molecule has 0 aliphatic heterocycles. The van der Waals surface area contributed by atoms with Gasteiger partial charge in [-0.2, -0.15) is 5.10 Å². The lowest BCUT2D eigenvalue weighted by molar-refractivity contribution is 0.614. The fourth-order valence-corrected chi connectivity index (χ4v) is 2.74. The van der Waals surface area contributed by atoms with E-state index in [0.717, 1.165) is 23.6 Å². The van der Waals surface area contributed by atoms with Crippen LogP contribution in [0.1, 0.15) is 24.0 Å². The molecule has 2 N–H and O–H groups in total. The molecule has 0 saturated carbocycles. The molecule has 142 valence electrons. The molecule has 8 heteroatoms. The fourth-order valence-electron chi connectivity index (χ4n) is 2.74. The number of hydrogen-bond acceptors (Lipinski definition) is 3. The molecule has 0 atom stereocenters. The van der Waals surface area contributed by atoms with E-state index in [0.29, 0.717) is 24.7 Å². The van der Waals surface area contributed by atoms with Gasteiger partial charge in [-0.25, -0.2) is 14.4 Å². The Hall–Kier alpha value is -3.16. The summed E-state index contributed by atoms with van der Waals surface area (Å²) in [5, 5.41) is 10.6. The molecule has 1 aromatic carbocycles. The number of nitrogens with one attached hydrogen (secondary N) is 2. The van der Waals surface area contributed by atoms with Crippen LogP contribution in [-0.2, 0) is 20.1 Å². The molecular weight excluding hydrogens is 345 g/mol. The van der Waals surface area contributed by atoms with Crippen LogP contribution in [0.25, 0.3) is 5.69 Å². The first kappa shape index (κ1) is 18.6. The van der Waals surface area contributed by atoms with Gasteiger partial charge < -0.3 is 15.2 Å². The Labute approximate surface area is 158 Å². The number of imidazole rings is 1. The summed E-state index contributed by atoms with van der Waals surface area (Å²) in [5.41, 5.74) is 2.33. The van der Waals surface area contributed by atoms with E-state index in [1.807, 2.05) is 37.7 Å². The van der Waals surface area contributed by atoms with Gasteiger partial charge in [-0.15, -0.1) is 0 Å². The largest absolute Gasteiger partial charge is 0.357 e. The van der Waals surface area contributed by atoms with Gasteiger partial charge in [0.1, 0.15) is 11.6 Å². The van der Waals surface area contributed by atoms with Crippen molar-refractivity contribution in [2.45, 2.75) is 26.9 Å². The number of guanidine groups is 1. The first-order valence-electron chi connectivity index (χ1n) is 8.86. The lowest BCUT2D eigenvalue weighted by Gasteiger charge is -2.12. The van der Waals surface area contributed by atoms with Crippen molar-refractivity contribution < 1.29 is 4.39 Å². The Kier molecular flexibility index (Phi) is 5.85. The number of rotatable bonds is 6. The van der Waals surface area contributed by atoms with Crippen LogP contribution >= 0.6 is 0 Å². The van der Waals surface area contributed by atoms with Crippen molar-refractivity contribution in [2.75, 3.05) is 6.54 Å². The van der Waals surface area contributed by atoms with Gasteiger partial charge in [-0.3, -0.25) is 4.68 Å². The molecule has 2 heterocycles. The molecule has 7 nitrogen and oxygen atoms in total. The van der Waals surface area contributed by atoms with Crippen LogP contribution in [0.4, 0.5) is 4.39 Å². The molecule has 27 heavy (non-hydrogen) atoms. The zero-order valence-corrected chi connectivity index (χ0v) is 15.8. The van der Waals surface area contributed by atoms with Gasteiger partial charge in [0.15, 0.2) is 5.96 Å². The van der Waals surface area contributed by atoms with Crippen molar-refractivity contribution in [3.63, 3.8) is 0 Å². The molecule has 3 aromatic rings. The summed E-state index contributed by atoms with van der Waals surface area (Å²) in [4.78, 5) is 8.68. The monoisotopic (exact) mass is 369 g/mol. The third-order valence-corrected chi connectivity index (χ3v) is 4.22. The van der Waals surface area contributed by atoms with E-state index < -0.39 is 0 Å².